The number of carbonyl (C=O) groups is 2. The van der Waals surface area contributed by atoms with E-state index in [4.69, 9.17) is 27.9 Å². The van der Waals surface area contributed by atoms with Crippen LogP contribution in [0.15, 0.2) is 24.3 Å². The second kappa shape index (κ2) is 10.2. The Morgan fingerprint density at radius 2 is 1.93 bits per heavy atom. The molecule has 0 unspecified atom stereocenters. The summed E-state index contributed by atoms with van der Waals surface area (Å²) in [6, 6.07) is 7.40. The Morgan fingerprint density at radius 1 is 1.26 bits per heavy atom. The molecule has 1 aliphatic heterocycles. The summed E-state index contributed by atoms with van der Waals surface area (Å²) in [6.45, 7) is 5.47. The van der Waals surface area contributed by atoms with Gasteiger partial charge in [-0.2, -0.15) is 0 Å². The monoisotopic (exact) mass is 414 g/mol. The first kappa shape index (κ1) is 21.8. The number of likely N-dealkylation sites (tertiary alicyclic amines) is 1. The molecular weight excluding hydrogens is 387 g/mol. The number of nitrogens with zero attached hydrogens (tertiary/aromatic N) is 1. The molecule has 1 aliphatic rings. The van der Waals surface area contributed by atoms with Crippen molar-refractivity contribution in [3.05, 3.63) is 29.3 Å². The summed E-state index contributed by atoms with van der Waals surface area (Å²) in [6.07, 6.45) is 2.57. The number of alkyl halides is 1. The molecule has 2 rings (SSSR count). The number of ether oxygens (including phenoxy) is 1. The number of amides is 2. The highest BCUT2D eigenvalue weighted by Crippen LogP contribution is 2.24. The molecule has 0 atom stereocenters. The Hall–Kier alpha value is -1.46. The third-order valence-electron chi connectivity index (χ3n) is 4.70. The molecule has 1 fully saturated rings. The molecule has 0 aromatic heterocycles. The second-order valence-electron chi connectivity index (χ2n) is 7.53. The van der Waals surface area contributed by atoms with Crippen molar-refractivity contribution in [2.75, 3.05) is 25.6 Å². The minimum absolute atomic E-state index is 0.0172. The molecule has 27 heavy (non-hydrogen) atoms. The maximum atomic E-state index is 12.4. The van der Waals surface area contributed by atoms with Crippen molar-refractivity contribution in [3.63, 3.8) is 0 Å². The van der Waals surface area contributed by atoms with E-state index in [0.717, 1.165) is 12.8 Å². The highest BCUT2D eigenvalue weighted by atomic mass is 35.5. The molecule has 5 nitrogen and oxygen atoms in total. The molecule has 1 N–H and O–H groups in total. The Morgan fingerprint density at radius 3 is 2.56 bits per heavy atom. The molecule has 0 spiro atoms. The van der Waals surface area contributed by atoms with Crippen LogP contribution in [0.4, 0.5) is 0 Å². The van der Waals surface area contributed by atoms with Gasteiger partial charge in [0, 0.05) is 31.4 Å². The summed E-state index contributed by atoms with van der Waals surface area (Å²) < 4.78 is 5.59. The molecular formula is C20H28Cl2N2O3. The normalized spacial score (nSPS) is 15.5. The van der Waals surface area contributed by atoms with E-state index >= 15 is 0 Å². The first-order chi connectivity index (χ1) is 12.8. The standard InChI is InChI=1S/C20H28Cl2N2O3/c1-20(2,14-21)19(26)24-11-9-15(10-12-24)23-18(25)8-5-13-27-17-7-4-3-6-16(17)22/h3-4,6-7,15H,5,8-14H2,1-2H3,(H,23,25). The van der Waals surface area contributed by atoms with Gasteiger partial charge in [-0.25, -0.2) is 0 Å². The van der Waals surface area contributed by atoms with Gasteiger partial charge >= 0.3 is 0 Å². The summed E-state index contributed by atoms with van der Waals surface area (Å²) in [5.41, 5.74) is -0.542. The molecule has 1 heterocycles. The molecule has 0 radical (unpaired) electrons. The number of rotatable bonds is 8. The van der Waals surface area contributed by atoms with Crippen molar-refractivity contribution in [1.82, 2.24) is 10.2 Å². The van der Waals surface area contributed by atoms with Gasteiger partial charge in [-0.05, 0) is 45.2 Å². The number of carbonyl (C=O) groups excluding carboxylic acids is 2. The van der Waals surface area contributed by atoms with Gasteiger partial charge in [0.05, 0.1) is 17.0 Å². The molecule has 150 valence electrons. The van der Waals surface area contributed by atoms with Gasteiger partial charge in [-0.3, -0.25) is 9.59 Å². The van der Waals surface area contributed by atoms with Gasteiger partial charge in [-0.1, -0.05) is 23.7 Å². The van der Waals surface area contributed by atoms with Crippen molar-refractivity contribution in [2.45, 2.75) is 45.6 Å². The van der Waals surface area contributed by atoms with Crippen LogP contribution in [0.3, 0.4) is 0 Å². The van der Waals surface area contributed by atoms with E-state index in [0.29, 0.717) is 49.2 Å². The van der Waals surface area contributed by atoms with Crippen LogP contribution in [0.2, 0.25) is 5.02 Å². The van der Waals surface area contributed by atoms with Gasteiger partial charge in [0.25, 0.3) is 0 Å². The Labute approximate surface area is 171 Å². The number of benzene rings is 1. The number of hydrogen-bond donors (Lipinski definition) is 1. The summed E-state index contributed by atoms with van der Waals surface area (Å²) in [7, 11) is 0. The fourth-order valence-corrected chi connectivity index (χ4v) is 3.29. The largest absolute Gasteiger partial charge is 0.492 e. The van der Waals surface area contributed by atoms with E-state index in [1.807, 2.05) is 36.9 Å². The zero-order valence-corrected chi connectivity index (χ0v) is 17.5. The first-order valence-corrected chi connectivity index (χ1v) is 10.3. The van der Waals surface area contributed by atoms with E-state index in [2.05, 4.69) is 5.32 Å². The van der Waals surface area contributed by atoms with Crippen LogP contribution in [0.1, 0.15) is 39.5 Å². The van der Waals surface area contributed by atoms with Crippen LogP contribution in [0.5, 0.6) is 5.75 Å². The van der Waals surface area contributed by atoms with Crippen molar-refractivity contribution < 1.29 is 14.3 Å². The van der Waals surface area contributed by atoms with E-state index in [1.165, 1.54) is 0 Å². The average Bonchev–Trinajstić information content (AvgIpc) is 2.66. The Bertz CT molecular complexity index is 644. The van der Waals surface area contributed by atoms with Crippen molar-refractivity contribution in [1.29, 1.82) is 0 Å². The summed E-state index contributed by atoms with van der Waals surface area (Å²) in [5, 5.41) is 3.63. The number of halogens is 2. The van der Waals surface area contributed by atoms with Gasteiger partial charge in [0.2, 0.25) is 11.8 Å². The summed E-state index contributed by atoms with van der Waals surface area (Å²) >= 11 is 11.9. The lowest BCUT2D eigenvalue weighted by molar-refractivity contribution is -0.140. The van der Waals surface area contributed by atoms with Crippen molar-refractivity contribution in [3.8, 4) is 5.75 Å². The number of hydrogen-bond acceptors (Lipinski definition) is 3. The fraction of sp³-hybridized carbons (Fsp3) is 0.600. The predicted molar refractivity (Wildman–Crippen MR) is 108 cm³/mol. The lowest BCUT2D eigenvalue weighted by atomic mass is 9.92. The van der Waals surface area contributed by atoms with E-state index in [-0.39, 0.29) is 17.9 Å². The molecule has 7 heteroatoms. The highest BCUT2D eigenvalue weighted by molar-refractivity contribution is 6.32. The third-order valence-corrected chi connectivity index (χ3v) is 5.68. The average molecular weight is 415 g/mol. The lowest BCUT2D eigenvalue weighted by Crippen LogP contribution is -2.50. The van der Waals surface area contributed by atoms with Crippen molar-refractivity contribution >= 4 is 35.0 Å². The minimum atomic E-state index is -0.542. The van der Waals surface area contributed by atoms with Crippen LogP contribution in [-0.4, -0.2) is 48.3 Å². The summed E-state index contributed by atoms with van der Waals surface area (Å²) in [5.74, 6) is 1.04. The van der Waals surface area contributed by atoms with Crippen LogP contribution in [0, 0.1) is 5.41 Å². The lowest BCUT2D eigenvalue weighted by Gasteiger charge is -2.36. The minimum Gasteiger partial charge on any atom is -0.492 e. The van der Waals surface area contributed by atoms with Gasteiger partial charge in [0.1, 0.15) is 5.75 Å². The maximum absolute atomic E-state index is 12.4. The zero-order chi connectivity index (χ0) is 19.9. The Kier molecular flexibility index (Phi) is 8.24. The molecule has 1 aromatic rings. The van der Waals surface area contributed by atoms with Crippen LogP contribution in [-0.2, 0) is 9.59 Å². The second-order valence-corrected chi connectivity index (χ2v) is 8.21. The molecule has 0 bridgehead atoms. The molecule has 0 aliphatic carbocycles. The van der Waals surface area contributed by atoms with Crippen LogP contribution < -0.4 is 10.1 Å². The van der Waals surface area contributed by atoms with E-state index in [1.54, 1.807) is 6.07 Å². The number of nitrogens with one attached hydrogen (secondary N) is 1. The molecule has 1 aromatic carbocycles. The quantitative estimate of drug-likeness (QED) is 0.518. The Balaban J connectivity index is 1.64. The fourth-order valence-electron chi connectivity index (χ4n) is 2.99. The van der Waals surface area contributed by atoms with Crippen molar-refractivity contribution in [2.24, 2.45) is 5.41 Å². The van der Waals surface area contributed by atoms with E-state index in [9.17, 15) is 9.59 Å². The number of para-hydroxylation sites is 1. The zero-order valence-electron chi connectivity index (χ0n) is 16.0. The van der Waals surface area contributed by atoms with Gasteiger partial charge < -0.3 is 15.0 Å². The smallest absolute Gasteiger partial charge is 0.229 e. The predicted octanol–water partition coefficient (Wildman–Crippen LogP) is 3.87. The van der Waals surface area contributed by atoms with E-state index < -0.39 is 5.41 Å². The number of piperidine rings is 1. The molecule has 0 saturated carbocycles. The van der Waals surface area contributed by atoms with Crippen LogP contribution >= 0.6 is 23.2 Å². The van der Waals surface area contributed by atoms with Crippen LogP contribution in [0.25, 0.3) is 0 Å². The topological polar surface area (TPSA) is 58.6 Å². The summed E-state index contributed by atoms with van der Waals surface area (Å²) in [4.78, 5) is 26.4. The SMILES string of the molecule is CC(C)(CCl)C(=O)N1CCC(NC(=O)CCCOc2ccccc2Cl)CC1. The molecule has 1 saturated heterocycles. The first-order valence-electron chi connectivity index (χ1n) is 9.35. The highest BCUT2D eigenvalue weighted by Gasteiger charge is 2.33. The molecule has 2 amide bonds. The third kappa shape index (κ3) is 6.58. The van der Waals surface area contributed by atoms with Gasteiger partial charge in [0.15, 0.2) is 0 Å². The van der Waals surface area contributed by atoms with Gasteiger partial charge in [-0.15, -0.1) is 11.6 Å². The maximum Gasteiger partial charge on any atom is 0.229 e.